The molecule has 14 heavy (non-hydrogen) atoms. The van der Waals surface area contributed by atoms with Crippen LogP contribution >= 0.6 is 7.60 Å². The van der Waals surface area contributed by atoms with E-state index in [-0.39, 0.29) is 19.4 Å². The summed E-state index contributed by atoms with van der Waals surface area (Å²) in [6.07, 6.45) is 10.1. The van der Waals surface area contributed by atoms with Crippen LogP contribution in [0.25, 0.3) is 0 Å². The van der Waals surface area contributed by atoms with E-state index in [9.17, 15) is 4.57 Å². The molecule has 0 amide bonds. The van der Waals surface area contributed by atoms with Crippen molar-refractivity contribution < 1.29 is 13.6 Å². The molecule has 0 aromatic carbocycles. The van der Waals surface area contributed by atoms with E-state index in [1.807, 2.05) is 0 Å². The Morgan fingerprint density at radius 2 is 1.79 bits per heavy atom. The van der Waals surface area contributed by atoms with Gasteiger partial charge in [-0.25, -0.2) is 0 Å². The predicted octanol–water partition coefficient (Wildman–Crippen LogP) is 2.06. The van der Waals surface area contributed by atoms with E-state index < -0.39 is 7.60 Å². The molecule has 0 N–H and O–H groups in total. The quantitative estimate of drug-likeness (QED) is 0.384. The molecule has 0 bridgehead atoms. The van der Waals surface area contributed by atoms with Crippen LogP contribution in [0, 0.1) is 24.7 Å². The Labute approximate surface area is 85.0 Å². The van der Waals surface area contributed by atoms with Crippen molar-refractivity contribution >= 4 is 7.60 Å². The molecule has 0 aliphatic carbocycles. The monoisotopic (exact) mass is 212 g/mol. The highest BCUT2D eigenvalue weighted by molar-refractivity contribution is 7.54. The van der Waals surface area contributed by atoms with Gasteiger partial charge >= 0.3 is 7.60 Å². The second-order valence-corrected chi connectivity index (χ2v) is 4.74. The number of hydrogen-bond donors (Lipinski definition) is 0. The van der Waals surface area contributed by atoms with Crippen molar-refractivity contribution in [2.45, 2.75) is 6.92 Å². The molecule has 0 radical (unpaired) electrons. The van der Waals surface area contributed by atoms with Gasteiger partial charge in [0.2, 0.25) is 0 Å². The number of hydrogen-bond acceptors (Lipinski definition) is 3. The highest BCUT2D eigenvalue weighted by atomic mass is 31.2. The third-order valence-electron chi connectivity index (χ3n) is 1.15. The zero-order valence-electron chi connectivity index (χ0n) is 8.16. The first-order valence-corrected chi connectivity index (χ1v) is 5.66. The number of allylic oxidation sites excluding steroid dienone is 1. The van der Waals surface area contributed by atoms with Gasteiger partial charge in [-0.3, -0.25) is 13.6 Å². The van der Waals surface area contributed by atoms with E-state index in [0.717, 1.165) is 0 Å². The summed E-state index contributed by atoms with van der Waals surface area (Å²) in [6, 6.07) is 0. The Morgan fingerprint density at radius 1 is 1.36 bits per heavy atom. The molecule has 0 atom stereocenters. The van der Waals surface area contributed by atoms with Crippen molar-refractivity contribution in [1.29, 1.82) is 0 Å². The predicted molar refractivity (Wildman–Crippen MR) is 56.9 cm³/mol. The molecule has 0 aliphatic rings. The van der Waals surface area contributed by atoms with Crippen LogP contribution in [0.3, 0.4) is 0 Å². The zero-order chi connectivity index (χ0) is 11.0. The van der Waals surface area contributed by atoms with Gasteiger partial charge < -0.3 is 0 Å². The van der Waals surface area contributed by atoms with E-state index in [4.69, 9.17) is 21.9 Å². The van der Waals surface area contributed by atoms with Crippen molar-refractivity contribution in [2.75, 3.05) is 19.4 Å². The minimum atomic E-state index is -3.19. The summed E-state index contributed by atoms with van der Waals surface area (Å²) in [7, 11) is -3.19. The van der Waals surface area contributed by atoms with E-state index in [1.54, 1.807) is 6.92 Å². The van der Waals surface area contributed by atoms with Crippen molar-refractivity contribution in [3.05, 3.63) is 12.2 Å². The molecule has 0 saturated carbocycles. The fraction of sp³-hybridized carbons (Fsp3) is 0.400. The van der Waals surface area contributed by atoms with Crippen molar-refractivity contribution in [3.8, 4) is 24.7 Å². The highest BCUT2D eigenvalue weighted by Crippen LogP contribution is 2.49. The molecule has 0 aliphatic heterocycles. The first-order valence-electron chi connectivity index (χ1n) is 3.93. The number of terminal acetylenes is 2. The van der Waals surface area contributed by atoms with Crippen LogP contribution in [0.15, 0.2) is 12.2 Å². The van der Waals surface area contributed by atoms with E-state index >= 15 is 0 Å². The molecule has 76 valence electrons. The molecular weight excluding hydrogens is 199 g/mol. The summed E-state index contributed by atoms with van der Waals surface area (Å²) in [5, 5.41) is 0. The molecule has 0 spiro atoms. The molecule has 0 aromatic heterocycles. The Morgan fingerprint density at radius 3 is 2.07 bits per heavy atom. The fourth-order valence-corrected chi connectivity index (χ4v) is 2.19. The minimum absolute atomic E-state index is 0.0604. The van der Waals surface area contributed by atoms with Crippen LogP contribution in [-0.4, -0.2) is 19.4 Å². The summed E-state index contributed by atoms with van der Waals surface area (Å²) in [4.78, 5) is 0. The lowest BCUT2D eigenvalue weighted by Gasteiger charge is -2.15. The zero-order valence-corrected chi connectivity index (χ0v) is 9.05. The first-order chi connectivity index (χ1) is 6.54. The molecule has 0 aromatic rings. The van der Waals surface area contributed by atoms with Crippen molar-refractivity contribution in [1.82, 2.24) is 0 Å². The highest BCUT2D eigenvalue weighted by Gasteiger charge is 2.23. The molecule has 0 unspecified atom stereocenters. The van der Waals surface area contributed by atoms with Gasteiger partial charge in [0.1, 0.15) is 13.2 Å². The summed E-state index contributed by atoms with van der Waals surface area (Å²) in [6.45, 7) is 5.23. The maximum atomic E-state index is 11.8. The molecule has 0 saturated heterocycles. The molecule has 0 rings (SSSR count). The smallest absolute Gasteiger partial charge is 0.295 e. The Hall–Kier alpha value is -0.990. The summed E-state index contributed by atoms with van der Waals surface area (Å²) in [5.41, 5.74) is 0.697. The van der Waals surface area contributed by atoms with Crippen LogP contribution in [0.1, 0.15) is 6.92 Å². The van der Waals surface area contributed by atoms with Gasteiger partial charge in [0.05, 0.1) is 6.16 Å². The lowest BCUT2D eigenvalue weighted by molar-refractivity contribution is 0.244. The van der Waals surface area contributed by atoms with Crippen LogP contribution < -0.4 is 0 Å². The Balaban J connectivity index is 4.36. The SMILES string of the molecule is C#CCOP(=O)(CC(=C)C)OCC#C. The third kappa shape index (κ3) is 5.62. The Bertz CT molecular complexity index is 297. The van der Waals surface area contributed by atoms with Crippen LogP contribution in [0.2, 0.25) is 0 Å². The third-order valence-corrected chi connectivity index (χ3v) is 3.12. The second-order valence-electron chi connectivity index (χ2n) is 2.68. The molecular formula is C10H13O3P. The average molecular weight is 212 g/mol. The van der Waals surface area contributed by atoms with Gasteiger partial charge in [-0.2, -0.15) is 0 Å². The van der Waals surface area contributed by atoms with Gasteiger partial charge in [-0.05, 0) is 6.92 Å². The van der Waals surface area contributed by atoms with Crippen molar-refractivity contribution in [3.63, 3.8) is 0 Å². The molecule has 4 heteroatoms. The van der Waals surface area contributed by atoms with Gasteiger partial charge in [-0.15, -0.1) is 12.8 Å². The van der Waals surface area contributed by atoms with E-state index in [0.29, 0.717) is 5.57 Å². The average Bonchev–Trinajstić information content (AvgIpc) is 2.11. The largest absolute Gasteiger partial charge is 0.336 e. The lowest BCUT2D eigenvalue weighted by atomic mass is 10.4. The summed E-state index contributed by atoms with van der Waals surface area (Å²) < 4.78 is 21.7. The molecule has 0 fully saturated rings. The lowest BCUT2D eigenvalue weighted by Crippen LogP contribution is -2.01. The maximum absolute atomic E-state index is 11.8. The standard InChI is InChI=1S/C10H13O3P/c1-5-7-12-14(11,9-10(3)4)13-8-6-2/h1-2H,3,7-9H2,4H3. The van der Waals surface area contributed by atoms with Crippen LogP contribution in [0.5, 0.6) is 0 Å². The minimum Gasteiger partial charge on any atom is -0.295 e. The van der Waals surface area contributed by atoms with Gasteiger partial charge in [0, 0.05) is 0 Å². The number of rotatable bonds is 6. The van der Waals surface area contributed by atoms with Crippen LogP contribution in [0.4, 0.5) is 0 Å². The summed E-state index contributed by atoms with van der Waals surface area (Å²) >= 11 is 0. The maximum Gasteiger partial charge on any atom is 0.336 e. The fourth-order valence-electron chi connectivity index (χ4n) is 0.730. The van der Waals surface area contributed by atoms with Gasteiger partial charge in [-0.1, -0.05) is 24.0 Å². The van der Waals surface area contributed by atoms with Gasteiger partial charge in [0.15, 0.2) is 0 Å². The second kappa shape index (κ2) is 6.46. The summed E-state index contributed by atoms with van der Waals surface area (Å²) in [5.74, 6) is 4.43. The van der Waals surface area contributed by atoms with E-state index in [2.05, 4.69) is 18.4 Å². The van der Waals surface area contributed by atoms with Gasteiger partial charge in [0.25, 0.3) is 0 Å². The van der Waals surface area contributed by atoms with Crippen molar-refractivity contribution in [2.24, 2.45) is 0 Å². The Kier molecular flexibility index (Phi) is 6.00. The van der Waals surface area contributed by atoms with E-state index in [1.165, 1.54) is 0 Å². The van der Waals surface area contributed by atoms with Crippen LogP contribution in [-0.2, 0) is 13.6 Å². The molecule has 3 nitrogen and oxygen atoms in total. The first kappa shape index (κ1) is 13.0. The normalized spacial score (nSPS) is 10.2. The molecule has 0 heterocycles. The topological polar surface area (TPSA) is 35.5 Å².